The summed E-state index contributed by atoms with van der Waals surface area (Å²) in [6, 6.07) is 15.5. The molecule has 1 aliphatic rings. The van der Waals surface area contributed by atoms with Gasteiger partial charge in [0.15, 0.2) is 5.78 Å². The van der Waals surface area contributed by atoms with Crippen LogP contribution in [0.15, 0.2) is 54.6 Å². The van der Waals surface area contributed by atoms with Crippen molar-refractivity contribution in [2.75, 3.05) is 11.9 Å². The molecule has 0 spiro atoms. The maximum atomic E-state index is 12.4. The molecule has 24 heavy (non-hydrogen) atoms. The molecule has 0 aromatic heterocycles. The van der Waals surface area contributed by atoms with Crippen molar-refractivity contribution < 1.29 is 14.4 Å². The van der Waals surface area contributed by atoms with Crippen molar-refractivity contribution in [2.45, 2.75) is 12.8 Å². The highest BCUT2D eigenvalue weighted by molar-refractivity contribution is 6.39. The Balaban J connectivity index is 1.65. The first-order valence-corrected chi connectivity index (χ1v) is 7.92. The Morgan fingerprint density at radius 3 is 2.29 bits per heavy atom. The van der Waals surface area contributed by atoms with Gasteiger partial charge in [-0.3, -0.25) is 14.4 Å². The van der Waals surface area contributed by atoms with Crippen LogP contribution in [0.4, 0.5) is 5.69 Å². The van der Waals surface area contributed by atoms with Gasteiger partial charge in [-0.1, -0.05) is 42.5 Å². The highest BCUT2D eigenvalue weighted by Crippen LogP contribution is 2.27. The number of rotatable bonds is 5. The van der Waals surface area contributed by atoms with Crippen LogP contribution in [0.1, 0.15) is 28.8 Å². The largest absolute Gasteiger partial charge is 0.348 e. The molecule has 122 valence electrons. The molecule has 0 aliphatic heterocycles. The van der Waals surface area contributed by atoms with E-state index < -0.39 is 11.8 Å². The first-order valence-electron chi connectivity index (χ1n) is 7.92. The fourth-order valence-corrected chi connectivity index (χ4v) is 2.32. The van der Waals surface area contributed by atoms with Gasteiger partial charge in [0, 0.05) is 23.4 Å². The van der Waals surface area contributed by atoms with Gasteiger partial charge < -0.3 is 10.6 Å². The van der Waals surface area contributed by atoms with Crippen LogP contribution in [0.3, 0.4) is 0 Å². The standard InChI is InChI=1S/C19H18N2O3/c22-17(14-5-2-1-3-6-14)15-7-4-8-16(11-15)21-19(24)18(23)20-12-13-9-10-13/h1-8,11,13H,9-10,12H2,(H,20,23)(H,21,24). The Morgan fingerprint density at radius 1 is 0.875 bits per heavy atom. The summed E-state index contributed by atoms with van der Waals surface area (Å²) in [7, 11) is 0. The van der Waals surface area contributed by atoms with E-state index in [2.05, 4.69) is 10.6 Å². The Hall–Kier alpha value is -2.95. The molecule has 1 saturated carbocycles. The van der Waals surface area contributed by atoms with Crippen molar-refractivity contribution >= 4 is 23.3 Å². The zero-order valence-corrected chi connectivity index (χ0v) is 13.1. The van der Waals surface area contributed by atoms with Gasteiger partial charge in [0.05, 0.1) is 0 Å². The average Bonchev–Trinajstić information content (AvgIpc) is 3.44. The van der Waals surface area contributed by atoms with Crippen LogP contribution in [0.25, 0.3) is 0 Å². The van der Waals surface area contributed by atoms with Crippen molar-refractivity contribution in [1.82, 2.24) is 5.32 Å². The van der Waals surface area contributed by atoms with Gasteiger partial charge in [-0.15, -0.1) is 0 Å². The lowest BCUT2D eigenvalue weighted by molar-refractivity contribution is -0.136. The number of ketones is 1. The number of nitrogens with one attached hydrogen (secondary N) is 2. The van der Waals surface area contributed by atoms with E-state index in [1.807, 2.05) is 6.07 Å². The number of benzene rings is 2. The van der Waals surface area contributed by atoms with Gasteiger partial charge in [0.25, 0.3) is 0 Å². The normalized spacial score (nSPS) is 13.2. The molecule has 2 amide bonds. The van der Waals surface area contributed by atoms with E-state index >= 15 is 0 Å². The fourth-order valence-electron chi connectivity index (χ4n) is 2.32. The van der Waals surface area contributed by atoms with E-state index in [9.17, 15) is 14.4 Å². The van der Waals surface area contributed by atoms with Gasteiger partial charge in [-0.25, -0.2) is 0 Å². The summed E-state index contributed by atoms with van der Waals surface area (Å²) in [4.78, 5) is 36.0. The molecule has 2 aromatic carbocycles. The summed E-state index contributed by atoms with van der Waals surface area (Å²) in [6.45, 7) is 0.540. The van der Waals surface area contributed by atoms with E-state index in [1.165, 1.54) is 0 Å². The lowest BCUT2D eigenvalue weighted by Crippen LogP contribution is -2.36. The summed E-state index contributed by atoms with van der Waals surface area (Å²) in [5, 5.41) is 5.14. The van der Waals surface area contributed by atoms with Crippen molar-refractivity contribution in [3.8, 4) is 0 Å². The Kier molecular flexibility index (Phi) is 4.70. The number of amides is 2. The van der Waals surface area contributed by atoms with Crippen LogP contribution in [-0.2, 0) is 9.59 Å². The second kappa shape index (κ2) is 7.08. The molecule has 0 unspecified atom stereocenters. The first-order chi connectivity index (χ1) is 11.6. The van der Waals surface area contributed by atoms with Crippen molar-refractivity contribution in [3.63, 3.8) is 0 Å². The summed E-state index contributed by atoms with van der Waals surface area (Å²) >= 11 is 0. The van der Waals surface area contributed by atoms with Crippen LogP contribution < -0.4 is 10.6 Å². The molecule has 3 rings (SSSR count). The number of carbonyl (C=O) groups is 3. The third-order valence-electron chi connectivity index (χ3n) is 3.87. The number of carbonyl (C=O) groups excluding carboxylic acids is 3. The molecule has 1 fully saturated rings. The second-order valence-electron chi connectivity index (χ2n) is 5.88. The Labute approximate surface area is 140 Å². The molecular formula is C19H18N2O3. The van der Waals surface area contributed by atoms with E-state index in [1.54, 1.807) is 48.5 Å². The summed E-state index contributed by atoms with van der Waals surface area (Å²) in [5.74, 6) is -1.000. The minimum absolute atomic E-state index is 0.134. The molecule has 2 aromatic rings. The van der Waals surface area contributed by atoms with Gasteiger partial charge >= 0.3 is 11.8 Å². The minimum Gasteiger partial charge on any atom is -0.348 e. The van der Waals surface area contributed by atoms with Crippen LogP contribution in [0.5, 0.6) is 0 Å². The van der Waals surface area contributed by atoms with Crippen molar-refractivity contribution in [3.05, 3.63) is 65.7 Å². The maximum absolute atomic E-state index is 12.4. The number of anilines is 1. The molecule has 0 atom stereocenters. The molecule has 0 bridgehead atoms. The maximum Gasteiger partial charge on any atom is 0.313 e. The third-order valence-corrected chi connectivity index (χ3v) is 3.87. The molecule has 5 heteroatoms. The van der Waals surface area contributed by atoms with Crippen molar-refractivity contribution in [1.29, 1.82) is 0 Å². The zero-order valence-electron chi connectivity index (χ0n) is 13.1. The minimum atomic E-state index is -0.722. The molecule has 1 aliphatic carbocycles. The Morgan fingerprint density at radius 2 is 1.58 bits per heavy atom. The predicted molar refractivity (Wildman–Crippen MR) is 90.7 cm³/mol. The van der Waals surface area contributed by atoms with E-state index in [4.69, 9.17) is 0 Å². The summed E-state index contributed by atoms with van der Waals surface area (Å²) in [5.41, 5.74) is 1.45. The fraction of sp³-hybridized carbons (Fsp3) is 0.211. The van der Waals surface area contributed by atoms with E-state index in [0.717, 1.165) is 12.8 Å². The molecule has 2 N–H and O–H groups in total. The van der Waals surface area contributed by atoms with Crippen LogP contribution in [0.2, 0.25) is 0 Å². The van der Waals surface area contributed by atoms with E-state index in [-0.39, 0.29) is 5.78 Å². The molecule has 0 saturated heterocycles. The SMILES string of the molecule is O=C(NCC1CC1)C(=O)Nc1cccc(C(=O)c2ccccc2)c1. The van der Waals surface area contributed by atoms with Crippen LogP contribution in [0, 0.1) is 5.92 Å². The lowest BCUT2D eigenvalue weighted by atomic mass is 10.0. The van der Waals surface area contributed by atoms with Gasteiger partial charge in [-0.2, -0.15) is 0 Å². The molecular weight excluding hydrogens is 304 g/mol. The van der Waals surface area contributed by atoms with Gasteiger partial charge in [0.2, 0.25) is 0 Å². The quantitative estimate of drug-likeness (QED) is 0.655. The average molecular weight is 322 g/mol. The van der Waals surface area contributed by atoms with Gasteiger partial charge in [0.1, 0.15) is 0 Å². The van der Waals surface area contributed by atoms with Gasteiger partial charge in [-0.05, 0) is 30.9 Å². The Bertz CT molecular complexity index is 767. The third kappa shape index (κ3) is 4.07. The highest BCUT2D eigenvalue weighted by atomic mass is 16.2. The smallest absolute Gasteiger partial charge is 0.313 e. The highest BCUT2D eigenvalue weighted by Gasteiger charge is 2.23. The second-order valence-corrected chi connectivity index (χ2v) is 5.88. The zero-order chi connectivity index (χ0) is 16.9. The lowest BCUT2D eigenvalue weighted by Gasteiger charge is -2.07. The number of hydrogen-bond acceptors (Lipinski definition) is 3. The molecule has 5 nitrogen and oxygen atoms in total. The molecule has 0 radical (unpaired) electrons. The predicted octanol–water partition coefficient (Wildman–Crippen LogP) is 2.38. The summed E-state index contributed by atoms with van der Waals surface area (Å²) in [6.07, 6.45) is 2.21. The first kappa shape index (κ1) is 15.9. The van der Waals surface area contributed by atoms with Crippen LogP contribution in [-0.4, -0.2) is 24.1 Å². The monoisotopic (exact) mass is 322 g/mol. The molecule has 0 heterocycles. The van der Waals surface area contributed by atoms with Crippen LogP contribution >= 0.6 is 0 Å². The number of hydrogen-bond donors (Lipinski definition) is 2. The topological polar surface area (TPSA) is 75.3 Å². The van der Waals surface area contributed by atoms with Crippen molar-refractivity contribution in [2.24, 2.45) is 5.92 Å². The summed E-state index contributed by atoms with van der Waals surface area (Å²) < 4.78 is 0. The van der Waals surface area contributed by atoms with E-state index in [0.29, 0.717) is 29.3 Å².